The number of ether oxygens (including phenoxy) is 1. The van der Waals surface area contributed by atoms with Gasteiger partial charge in [-0.05, 0) is 30.0 Å². The van der Waals surface area contributed by atoms with Gasteiger partial charge in [-0.2, -0.15) is 13.2 Å². The van der Waals surface area contributed by atoms with E-state index in [1.807, 2.05) is 33.8 Å². The van der Waals surface area contributed by atoms with Crippen molar-refractivity contribution in [1.82, 2.24) is 0 Å². The quantitative estimate of drug-likeness (QED) is 0.884. The lowest BCUT2D eigenvalue weighted by Gasteiger charge is -2.29. The second kappa shape index (κ2) is 6.69. The predicted octanol–water partition coefficient (Wildman–Crippen LogP) is 4.21. The molecule has 2 nitrogen and oxygen atoms in total. The lowest BCUT2D eigenvalue weighted by atomic mass is 9.82. The third kappa shape index (κ3) is 4.63. The summed E-state index contributed by atoms with van der Waals surface area (Å²) in [5.74, 6) is 0.303. The summed E-state index contributed by atoms with van der Waals surface area (Å²) in [6, 6.07) is 5.27. The molecule has 1 unspecified atom stereocenters. The van der Waals surface area contributed by atoms with Crippen molar-refractivity contribution in [3.63, 3.8) is 0 Å². The van der Waals surface area contributed by atoms with Crippen molar-refractivity contribution in [2.75, 3.05) is 6.54 Å². The summed E-state index contributed by atoms with van der Waals surface area (Å²) in [6.45, 7) is 7.83. The fraction of sp³-hybridized carbons (Fsp3) is 0.625. The van der Waals surface area contributed by atoms with Crippen molar-refractivity contribution in [3.8, 4) is 5.75 Å². The zero-order valence-electron chi connectivity index (χ0n) is 13.1. The van der Waals surface area contributed by atoms with Crippen molar-refractivity contribution in [2.45, 2.75) is 58.2 Å². The number of benzene rings is 1. The molecule has 0 aromatic heterocycles. The first-order chi connectivity index (χ1) is 9.61. The van der Waals surface area contributed by atoms with Gasteiger partial charge in [-0.3, -0.25) is 0 Å². The molecule has 1 rings (SSSR count). The number of aryl methyl sites for hydroxylation is 1. The average Bonchev–Trinajstić information content (AvgIpc) is 2.35. The largest absolute Gasteiger partial charge is 0.481 e. The summed E-state index contributed by atoms with van der Waals surface area (Å²) in [6.07, 6.45) is -5.78. The number of nitrogens with two attached hydrogens (primary N) is 1. The van der Waals surface area contributed by atoms with Crippen molar-refractivity contribution in [1.29, 1.82) is 0 Å². The molecule has 0 aliphatic rings. The van der Waals surface area contributed by atoms with E-state index in [4.69, 9.17) is 10.5 Å². The molecule has 0 saturated carbocycles. The third-order valence-electron chi connectivity index (χ3n) is 3.31. The topological polar surface area (TPSA) is 35.2 Å². The van der Waals surface area contributed by atoms with E-state index in [0.29, 0.717) is 5.75 Å². The molecule has 1 aromatic carbocycles. The Hall–Kier alpha value is -1.23. The molecule has 0 aliphatic heterocycles. The minimum Gasteiger partial charge on any atom is -0.481 e. The van der Waals surface area contributed by atoms with Crippen molar-refractivity contribution < 1.29 is 17.9 Å². The fourth-order valence-corrected chi connectivity index (χ4v) is 2.41. The summed E-state index contributed by atoms with van der Waals surface area (Å²) >= 11 is 0. The second-order valence-corrected chi connectivity index (χ2v) is 6.12. The van der Waals surface area contributed by atoms with Crippen LogP contribution in [0.1, 0.15) is 45.2 Å². The normalized spacial score (nSPS) is 14.1. The van der Waals surface area contributed by atoms with Gasteiger partial charge in [0.2, 0.25) is 0 Å². The van der Waals surface area contributed by atoms with E-state index in [1.54, 1.807) is 12.1 Å². The molecular formula is C16H24F3NO. The highest BCUT2D eigenvalue weighted by atomic mass is 19.4. The molecule has 120 valence electrons. The van der Waals surface area contributed by atoms with Gasteiger partial charge in [0, 0.05) is 12.0 Å². The van der Waals surface area contributed by atoms with Gasteiger partial charge in [-0.15, -0.1) is 0 Å². The molecule has 2 N–H and O–H groups in total. The Balaban J connectivity index is 3.24. The molecule has 0 radical (unpaired) electrons. The Morgan fingerprint density at radius 3 is 2.24 bits per heavy atom. The van der Waals surface area contributed by atoms with Crippen LogP contribution < -0.4 is 10.5 Å². The van der Waals surface area contributed by atoms with Gasteiger partial charge >= 0.3 is 6.18 Å². The zero-order chi connectivity index (χ0) is 16.3. The van der Waals surface area contributed by atoms with Crippen LogP contribution in [0.3, 0.4) is 0 Å². The Morgan fingerprint density at radius 2 is 1.81 bits per heavy atom. The lowest BCUT2D eigenvalue weighted by molar-refractivity contribution is -0.196. The molecule has 0 heterocycles. The van der Waals surface area contributed by atoms with Crippen LogP contribution in [-0.4, -0.2) is 18.8 Å². The molecule has 0 bridgehead atoms. The van der Waals surface area contributed by atoms with Gasteiger partial charge in [0.15, 0.2) is 6.10 Å². The van der Waals surface area contributed by atoms with Crippen LogP contribution in [0.4, 0.5) is 13.2 Å². The smallest absolute Gasteiger partial charge is 0.425 e. The molecule has 0 saturated heterocycles. The highest BCUT2D eigenvalue weighted by molar-refractivity contribution is 5.45. The minimum atomic E-state index is -4.42. The Bertz CT molecular complexity index is 464. The maximum atomic E-state index is 13.0. The van der Waals surface area contributed by atoms with E-state index < -0.39 is 12.3 Å². The molecule has 0 aliphatic carbocycles. The number of hydrogen-bond donors (Lipinski definition) is 1. The van der Waals surface area contributed by atoms with Crippen molar-refractivity contribution in [3.05, 3.63) is 29.3 Å². The van der Waals surface area contributed by atoms with Crippen molar-refractivity contribution >= 4 is 0 Å². The van der Waals surface area contributed by atoms with Gasteiger partial charge in [0.25, 0.3) is 0 Å². The molecule has 0 amide bonds. The van der Waals surface area contributed by atoms with E-state index >= 15 is 0 Å². The summed E-state index contributed by atoms with van der Waals surface area (Å²) in [7, 11) is 0. The highest BCUT2D eigenvalue weighted by Crippen LogP contribution is 2.37. The Labute approximate surface area is 124 Å². The number of rotatable bonds is 5. The van der Waals surface area contributed by atoms with Gasteiger partial charge in [-0.1, -0.05) is 39.8 Å². The van der Waals surface area contributed by atoms with Gasteiger partial charge in [0.05, 0.1) is 0 Å². The van der Waals surface area contributed by atoms with Crippen LogP contribution in [0.2, 0.25) is 0 Å². The summed E-state index contributed by atoms with van der Waals surface area (Å²) in [5, 5.41) is 0. The summed E-state index contributed by atoms with van der Waals surface area (Å²) in [4.78, 5) is 0. The first-order valence-electron chi connectivity index (χ1n) is 7.17. The monoisotopic (exact) mass is 303 g/mol. The first kappa shape index (κ1) is 17.8. The van der Waals surface area contributed by atoms with Crippen LogP contribution in [0, 0.1) is 0 Å². The van der Waals surface area contributed by atoms with E-state index in [0.717, 1.165) is 17.5 Å². The molecule has 1 aromatic rings. The zero-order valence-corrected chi connectivity index (χ0v) is 13.1. The molecule has 0 spiro atoms. The van der Waals surface area contributed by atoms with Crippen molar-refractivity contribution in [2.24, 2.45) is 5.73 Å². The van der Waals surface area contributed by atoms with Gasteiger partial charge < -0.3 is 10.5 Å². The third-order valence-corrected chi connectivity index (χ3v) is 3.31. The molecule has 0 fully saturated rings. The van der Waals surface area contributed by atoms with E-state index in [9.17, 15) is 13.2 Å². The second-order valence-electron chi connectivity index (χ2n) is 6.12. The number of alkyl halides is 3. The molecular weight excluding hydrogens is 279 g/mol. The van der Waals surface area contributed by atoms with Crippen LogP contribution in [0.25, 0.3) is 0 Å². The van der Waals surface area contributed by atoms with Gasteiger partial charge in [-0.25, -0.2) is 0 Å². The Kier molecular flexibility index (Phi) is 5.68. The number of halogens is 3. The van der Waals surface area contributed by atoms with E-state index in [-0.39, 0.29) is 18.4 Å². The maximum Gasteiger partial charge on any atom is 0.425 e. The lowest BCUT2D eigenvalue weighted by Crippen LogP contribution is -2.37. The van der Waals surface area contributed by atoms with E-state index in [2.05, 4.69) is 0 Å². The highest BCUT2D eigenvalue weighted by Gasteiger charge is 2.41. The van der Waals surface area contributed by atoms with Crippen LogP contribution in [-0.2, 0) is 11.8 Å². The number of hydrogen-bond acceptors (Lipinski definition) is 2. The Morgan fingerprint density at radius 1 is 1.19 bits per heavy atom. The standard InChI is InChI=1S/C16H24F3NO/c1-5-11-7-6-8-12(14(11)15(2,3)4)21-13(9-10-20)16(17,18)19/h6-8,13H,5,9-10,20H2,1-4H3. The minimum absolute atomic E-state index is 0.0670. The van der Waals surface area contributed by atoms with E-state index in [1.165, 1.54) is 0 Å². The summed E-state index contributed by atoms with van der Waals surface area (Å²) < 4.78 is 44.4. The first-order valence-corrected chi connectivity index (χ1v) is 7.17. The maximum absolute atomic E-state index is 13.0. The predicted molar refractivity (Wildman–Crippen MR) is 78.7 cm³/mol. The fourth-order valence-electron chi connectivity index (χ4n) is 2.41. The molecule has 5 heteroatoms. The van der Waals surface area contributed by atoms with Crippen LogP contribution >= 0.6 is 0 Å². The summed E-state index contributed by atoms with van der Waals surface area (Å²) in [5.41, 5.74) is 6.83. The molecule has 1 atom stereocenters. The van der Waals surface area contributed by atoms with Gasteiger partial charge in [0.1, 0.15) is 5.75 Å². The molecule has 21 heavy (non-hydrogen) atoms. The average molecular weight is 303 g/mol. The van der Waals surface area contributed by atoms with Crippen LogP contribution in [0.5, 0.6) is 5.75 Å². The van der Waals surface area contributed by atoms with Crippen LogP contribution in [0.15, 0.2) is 18.2 Å². The SMILES string of the molecule is CCc1cccc(OC(CCN)C(F)(F)F)c1C(C)(C)C.